The van der Waals surface area contributed by atoms with Crippen molar-refractivity contribution in [2.24, 2.45) is 0 Å². The van der Waals surface area contributed by atoms with Crippen molar-refractivity contribution in [3.8, 4) is 55.6 Å². The predicted octanol–water partition coefficient (Wildman–Crippen LogP) is 15.8. The van der Waals surface area contributed by atoms with Gasteiger partial charge in [0.1, 0.15) is 0 Å². The van der Waals surface area contributed by atoms with Crippen molar-refractivity contribution >= 4 is 34.6 Å². The van der Waals surface area contributed by atoms with Gasteiger partial charge in [0.2, 0.25) is 0 Å². The number of hydrogen-bond acceptors (Lipinski definition) is 0. The Balaban J connectivity index is 1.10. The topological polar surface area (TPSA) is 0 Å². The molecule has 310 valence electrons. The summed E-state index contributed by atoms with van der Waals surface area (Å²) in [6.07, 6.45) is 15.9. The van der Waals surface area contributed by atoms with Crippen LogP contribution in [0.4, 0.5) is 0 Å². The molecule has 0 aliphatic heterocycles. The van der Waals surface area contributed by atoms with Crippen LogP contribution in [0, 0.1) is 6.92 Å². The smallest absolute Gasteiger partial charge is 0.00176 e. The van der Waals surface area contributed by atoms with E-state index in [-0.39, 0.29) is 0 Å². The molecule has 0 heteroatoms. The van der Waals surface area contributed by atoms with Gasteiger partial charge in [0, 0.05) is 0 Å². The zero-order valence-corrected chi connectivity index (χ0v) is 36.9. The molecule has 0 saturated heterocycles. The Morgan fingerprint density at radius 1 is 0.462 bits per heavy atom. The minimum absolute atomic E-state index is 1.02. The molecular weight excluding hydrogens is 781 g/mol. The zero-order chi connectivity index (χ0) is 43.7. The monoisotopic (exact) mass is 830 g/mol. The van der Waals surface area contributed by atoms with Crippen LogP contribution in [-0.2, 0) is 6.42 Å². The number of fused-ring (bicyclic) bond motifs is 2. The highest BCUT2D eigenvalue weighted by Crippen LogP contribution is 2.49. The fraction of sp³-hybridized carbons (Fsp3) is 0.0769. The van der Waals surface area contributed by atoms with Gasteiger partial charge in [0.05, 0.1) is 0 Å². The van der Waals surface area contributed by atoms with Crippen molar-refractivity contribution in [3.05, 3.63) is 262 Å². The lowest BCUT2D eigenvalue weighted by atomic mass is 9.78. The molecule has 0 saturated carbocycles. The molecule has 0 unspecified atom stereocenters. The van der Waals surface area contributed by atoms with E-state index in [9.17, 15) is 0 Å². The van der Waals surface area contributed by atoms with E-state index in [2.05, 4.69) is 231 Å². The van der Waals surface area contributed by atoms with E-state index in [1.165, 1.54) is 116 Å². The Kier molecular flexibility index (Phi) is 10.7. The Labute approximate surface area is 383 Å². The second-order valence-corrected chi connectivity index (χ2v) is 17.4. The van der Waals surface area contributed by atoms with E-state index >= 15 is 0 Å². The van der Waals surface area contributed by atoms with Crippen LogP contribution in [0.5, 0.6) is 0 Å². The molecule has 11 rings (SSSR count). The van der Waals surface area contributed by atoms with Crippen molar-refractivity contribution in [2.45, 2.75) is 32.6 Å². The van der Waals surface area contributed by atoms with Crippen LogP contribution in [0.2, 0.25) is 0 Å². The third-order valence-corrected chi connectivity index (χ3v) is 13.6. The first-order valence-corrected chi connectivity index (χ1v) is 23.1. The van der Waals surface area contributed by atoms with Crippen LogP contribution in [0.1, 0.15) is 52.6 Å². The van der Waals surface area contributed by atoms with E-state index in [0.717, 1.165) is 30.9 Å². The standard InChI is InChI=1S/C65H50/c1-44-56-32-17-15-22-48(56)38-40-58(44)62(59-41-39-49-23-16-18-33-57(49)45(59)2)55-31-19-30-54(42-55)46-34-36-50(37-35-46)61-43-60(47-20-7-3-8-21-47)63(51-24-9-4-10-25-51)65(53-28-13-6-14-29-53)64(61)52-26-11-5-12-27-52/h3-5,7-13,16-21,23-43H,1,6,14-15,22H2,2H3/b62-58-. The summed E-state index contributed by atoms with van der Waals surface area (Å²) in [5, 5.41) is 4.81. The molecule has 0 fully saturated rings. The van der Waals surface area contributed by atoms with Crippen LogP contribution < -0.4 is 10.4 Å². The van der Waals surface area contributed by atoms with Crippen molar-refractivity contribution < 1.29 is 0 Å². The molecule has 0 atom stereocenters. The molecule has 65 heavy (non-hydrogen) atoms. The second kappa shape index (κ2) is 17.4. The van der Waals surface area contributed by atoms with Gasteiger partial charge in [-0.05, 0) is 166 Å². The van der Waals surface area contributed by atoms with Crippen molar-refractivity contribution in [1.82, 2.24) is 0 Å². The molecule has 0 bridgehead atoms. The van der Waals surface area contributed by atoms with Gasteiger partial charge in [-0.3, -0.25) is 0 Å². The molecular formula is C65H50. The van der Waals surface area contributed by atoms with Crippen LogP contribution in [-0.4, -0.2) is 0 Å². The molecule has 0 spiro atoms. The van der Waals surface area contributed by atoms with Crippen LogP contribution >= 0.6 is 0 Å². The van der Waals surface area contributed by atoms with Crippen molar-refractivity contribution in [2.75, 3.05) is 0 Å². The molecule has 0 radical (unpaired) electrons. The normalized spacial score (nSPS) is 13.6. The predicted molar refractivity (Wildman–Crippen MR) is 279 cm³/mol. The second-order valence-electron chi connectivity index (χ2n) is 17.4. The molecule has 2 aliphatic rings. The summed E-state index contributed by atoms with van der Waals surface area (Å²) in [6, 6.07) is 71.7. The van der Waals surface area contributed by atoms with Crippen LogP contribution in [0.3, 0.4) is 0 Å². The van der Waals surface area contributed by atoms with Gasteiger partial charge in [-0.1, -0.05) is 219 Å². The van der Waals surface area contributed by atoms with Gasteiger partial charge in [-0.2, -0.15) is 0 Å². The number of benzene rings is 9. The van der Waals surface area contributed by atoms with Crippen LogP contribution in [0.25, 0.3) is 90.2 Å². The highest BCUT2D eigenvalue weighted by molar-refractivity contribution is 6.06. The van der Waals surface area contributed by atoms with E-state index in [0.29, 0.717) is 0 Å². The lowest BCUT2D eigenvalue weighted by Gasteiger charge is -2.25. The van der Waals surface area contributed by atoms with Gasteiger partial charge in [-0.15, -0.1) is 0 Å². The number of aryl methyl sites for hydroxylation is 2. The molecule has 9 aromatic rings. The average molecular weight is 831 g/mol. The minimum atomic E-state index is 1.02. The first-order valence-electron chi connectivity index (χ1n) is 23.1. The Morgan fingerprint density at radius 3 is 1.77 bits per heavy atom. The third-order valence-electron chi connectivity index (χ3n) is 13.6. The van der Waals surface area contributed by atoms with Gasteiger partial charge >= 0.3 is 0 Å². The Morgan fingerprint density at radius 2 is 1.08 bits per heavy atom. The molecule has 0 N–H and O–H groups in total. The number of allylic oxidation sites excluding steroid dienone is 5. The van der Waals surface area contributed by atoms with E-state index in [4.69, 9.17) is 6.58 Å². The van der Waals surface area contributed by atoms with Gasteiger partial charge in [0.25, 0.3) is 0 Å². The number of hydrogen-bond donors (Lipinski definition) is 0. The first kappa shape index (κ1) is 40.0. The Bertz CT molecular complexity index is 3460. The fourth-order valence-corrected chi connectivity index (χ4v) is 10.3. The van der Waals surface area contributed by atoms with Crippen molar-refractivity contribution in [1.29, 1.82) is 0 Å². The summed E-state index contributed by atoms with van der Waals surface area (Å²) in [6.45, 7) is 7.02. The molecule has 0 aromatic heterocycles. The quantitative estimate of drug-likeness (QED) is 0.143. The lowest BCUT2D eigenvalue weighted by Crippen LogP contribution is -2.31. The SMILES string of the molecule is C=c1c2c(cc/c1=C(\c1cccc(-c3ccc(-c4cc(-c5ccccc5)c(-c5ccccc5)c(C5=CCCC=C5)c4-c4ccccc4)cc3)c1)c1ccc3ccccc3c1C)CCC=C2. The molecule has 9 aromatic carbocycles. The minimum Gasteiger partial charge on any atom is -0.0905 e. The third kappa shape index (κ3) is 7.52. The molecule has 0 amide bonds. The average Bonchev–Trinajstić information content (AvgIpc) is 3.38. The summed E-state index contributed by atoms with van der Waals surface area (Å²) in [5.74, 6) is 0. The van der Waals surface area contributed by atoms with E-state index in [1.807, 2.05) is 0 Å². The molecule has 0 heterocycles. The van der Waals surface area contributed by atoms with E-state index < -0.39 is 0 Å². The van der Waals surface area contributed by atoms with Crippen molar-refractivity contribution in [3.63, 3.8) is 0 Å². The van der Waals surface area contributed by atoms with Gasteiger partial charge in [-0.25, -0.2) is 0 Å². The maximum Gasteiger partial charge on any atom is -0.00176 e. The Hall–Kier alpha value is -7.80. The summed E-state index contributed by atoms with van der Waals surface area (Å²) in [7, 11) is 0. The highest BCUT2D eigenvalue weighted by atomic mass is 14.3. The summed E-state index contributed by atoms with van der Waals surface area (Å²) < 4.78 is 0. The van der Waals surface area contributed by atoms with Gasteiger partial charge < -0.3 is 0 Å². The van der Waals surface area contributed by atoms with Gasteiger partial charge in [0.15, 0.2) is 0 Å². The molecule has 0 nitrogen and oxygen atoms in total. The summed E-state index contributed by atoms with van der Waals surface area (Å²) in [4.78, 5) is 0. The van der Waals surface area contributed by atoms with E-state index in [1.54, 1.807) is 0 Å². The van der Waals surface area contributed by atoms with Crippen LogP contribution in [0.15, 0.2) is 218 Å². The maximum atomic E-state index is 4.75. The lowest BCUT2D eigenvalue weighted by molar-refractivity contribution is 0.980. The highest BCUT2D eigenvalue weighted by Gasteiger charge is 2.25. The zero-order valence-electron chi connectivity index (χ0n) is 36.9. The largest absolute Gasteiger partial charge is 0.0905 e. The summed E-state index contributed by atoms with van der Waals surface area (Å²) in [5.41, 5.74) is 22.3. The number of rotatable bonds is 8. The first-order chi connectivity index (χ1) is 32.1. The fourth-order valence-electron chi connectivity index (χ4n) is 10.3. The molecule has 2 aliphatic carbocycles. The maximum absolute atomic E-state index is 4.75. The summed E-state index contributed by atoms with van der Waals surface area (Å²) >= 11 is 0.